The van der Waals surface area contributed by atoms with E-state index in [0.717, 1.165) is 16.9 Å². The third-order valence-electron chi connectivity index (χ3n) is 6.44. The largest absolute Gasteiger partial charge is 0.379 e. The van der Waals surface area contributed by atoms with Gasteiger partial charge in [-0.2, -0.15) is 0 Å². The fourth-order valence-corrected chi connectivity index (χ4v) is 8.55. The molecule has 1 atom stereocenters. The minimum Gasteiger partial charge on any atom is -0.379 e. The number of ether oxygens (including phenoxy) is 1. The first-order chi connectivity index (χ1) is 16.6. The van der Waals surface area contributed by atoms with E-state index in [-0.39, 0.29) is 5.69 Å². The summed E-state index contributed by atoms with van der Waals surface area (Å²) in [4.78, 5) is 13.1. The molecule has 0 aromatic heterocycles. The van der Waals surface area contributed by atoms with E-state index in [9.17, 15) is 10.1 Å². The van der Waals surface area contributed by atoms with Gasteiger partial charge in [0.05, 0.1) is 18.1 Å². The van der Waals surface area contributed by atoms with E-state index < -0.39 is 18.1 Å². The van der Waals surface area contributed by atoms with Crippen LogP contribution in [0.15, 0.2) is 84.9 Å². The molecule has 0 bridgehead atoms. The number of non-ortho nitro benzene ring substituents is 1. The third kappa shape index (κ3) is 4.09. The van der Waals surface area contributed by atoms with E-state index in [1.54, 1.807) is 12.1 Å². The number of hydrogen-bond donors (Lipinski definition) is 0. The van der Waals surface area contributed by atoms with Gasteiger partial charge in [-0.1, -0.05) is 48.5 Å². The molecule has 9 heteroatoms. The maximum atomic E-state index is 15.5. The Bertz CT molecular complexity index is 1120. The van der Waals surface area contributed by atoms with Crippen molar-refractivity contribution in [3.63, 3.8) is 0 Å². The topological polar surface area (TPSA) is 79.2 Å². The number of rotatable bonds is 6. The molecule has 2 saturated heterocycles. The highest BCUT2D eigenvalue weighted by Gasteiger charge is 2.52. The van der Waals surface area contributed by atoms with Crippen LogP contribution in [0.25, 0.3) is 0 Å². The van der Waals surface area contributed by atoms with E-state index in [1.165, 1.54) is 12.1 Å². The van der Waals surface area contributed by atoms with Crippen molar-refractivity contribution >= 4 is 24.5 Å². The van der Waals surface area contributed by atoms with E-state index in [0.29, 0.717) is 39.4 Å². The van der Waals surface area contributed by atoms with E-state index in [2.05, 4.69) is 4.90 Å². The van der Waals surface area contributed by atoms with Crippen molar-refractivity contribution in [1.29, 1.82) is 0 Å². The van der Waals surface area contributed by atoms with Crippen LogP contribution in [0.1, 0.15) is 11.3 Å². The molecule has 0 radical (unpaired) electrons. The van der Waals surface area contributed by atoms with Crippen molar-refractivity contribution in [2.45, 2.75) is 5.78 Å². The number of nitro groups is 1. The van der Waals surface area contributed by atoms with Crippen LogP contribution in [-0.2, 0) is 9.30 Å². The molecule has 1 unspecified atom stereocenters. The molecule has 176 valence electrons. The molecular weight excluding hydrogens is 451 g/mol. The van der Waals surface area contributed by atoms with Crippen LogP contribution >= 0.6 is 7.44 Å². The Balaban J connectivity index is 1.68. The fraction of sp³-hybridized carbons (Fsp3) is 0.280. The average molecular weight is 478 g/mol. The van der Waals surface area contributed by atoms with Crippen molar-refractivity contribution in [1.82, 2.24) is 4.90 Å². The summed E-state index contributed by atoms with van der Waals surface area (Å²) in [6, 6.07) is 26.2. The second kappa shape index (κ2) is 9.58. The predicted molar refractivity (Wildman–Crippen MR) is 133 cm³/mol. The second-order valence-corrected chi connectivity index (χ2v) is 11.0. The molecule has 0 spiro atoms. The number of morpholine rings is 1. The Hall–Kier alpha value is -3.19. The van der Waals surface area contributed by atoms with Gasteiger partial charge in [-0.3, -0.25) is 19.6 Å². The highest BCUT2D eigenvalue weighted by Crippen LogP contribution is 2.69. The lowest BCUT2D eigenvalue weighted by molar-refractivity contribution is -0.384. The van der Waals surface area contributed by atoms with Crippen molar-refractivity contribution in [2.75, 3.05) is 48.7 Å². The Kier molecular flexibility index (Phi) is 6.37. The van der Waals surface area contributed by atoms with Gasteiger partial charge in [0.25, 0.3) is 13.1 Å². The van der Waals surface area contributed by atoms with Crippen molar-refractivity contribution in [3.8, 4) is 0 Å². The highest BCUT2D eigenvalue weighted by atomic mass is 31.2. The molecule has 5 rings (SSSR count). The molecule has 2 aliphatic heterocycles. The normalized spacial score (nSPS) is 19.2. The van der Waals surface area contributed by atoms with E-state index >= 15 is 4.57 Å². The van der Waals surface area contributed by atoms with Crippen LogP contribution in [0.5, 0.6) is 0 Å². The average Bonchev–Trinajstić information content (AvgIpc) is 3.23. The van der Waals surface area contributed by atoms with Gasteiger partial charge in [0.2, 0.25) is 0 Å². The smallest absolute Gasteiger partial charge is 0.284 e. The van der Waals surface area contributed by atoms with Crippen LogP contribution < -0.4 is 9.34 Å². The molecular formula is C25H27N4O4P. The lowest BCUT2D eigenvalue weighted by atomic mass is 10.2. The van der Waals surface area contributed by atoms with Crippen LogP contribution in [0.2, 0.25) is 0 Å². The van der Waals surface area contributed by atoms with Gasteiger partial charge >= 0.3 is 0 Å². The van der Waals surface area contributed by atoms with Crippen LogP contribution in [0.3, 0.4) is 0 Å². The minimum absolute atomic E-state index is 0.0222. The van der Waals surface area contributed by atoms with Crippen molar-refractivity contribution in [2.24, 2.45) is 0 Å². The van der Waals surface area contributed by atoms with E-state index in [4.69, 9.17) is 4.74 Å². The number of benzene rings is 3. The summed E-state index contributed by atoms with van der Waals surface area (Å²) in [5.41, 5.74) is 2.64. The van der Waals surface area contributed by atoms with Crippen molar-refractivity contribution in [3.05, 3.63) is 101 Å². The van der Waals surface area contributed by atoms with Crippen LogP contribution in [0, 0.1) is 10.1 Å². The highest BCUT2D eigenvalue weighted by molar-refractivity contribution is 7.67. The zero-order valence-electron chi connectivity index (χ0n) is 18.8. The molecule has 0 saturated carbocycles. The molecule has 0 aliphatic carbocycles. The molecule has 2 fully saturated rings. The summed E-state index contributed by atoms with van der Waals surface area (Å²) >= 11 is 0. The van der Waals surface area contributed by atoms with E-state index in [1.807, 2.05) is 70.0 Å². The monoisotopic (exact) mass is 478 g/mol. The van der Waals surface area contributed by atoms with Gasteiger partial charge in [-0.05, 0) is 29.8 Å². The summed E-state index contributed by atoms with van der Waals surface area (Å²) in [6.07, 6.45) is 0. The maximum Gasteiger partial charge on any atom is 0.284 e. The van der Waals surface area contributed by atoms with Gasteiger partial charge in [0, 0.05) is 49.7 Å². The Morgan fingerprint density at radius 3 is 1.74 bits per heavy atom. The number of hydrogen-bond acceptors (Lipinski definition) is 5. The summed E-state index contributed by atoms with van der Waals surface area (Å²) < 4.78 is 25.2. The summed E-state index contributed by atoms with van der Waals surface area (Å²) in [5.74, 6) is -0.472. The van der Waals surface area contributed by atoms with Gasteiger partial charge < -0.3 is 14.1 Å². The fourth-order valence-electron chi connectivity index (χ4n) is 4.87. The van der Waals surface area contributed by atoms with Gasteiger partial charge in [-0.15, -0.1) is 0 Å². The quantitative estimate of drug-likeness (QED) is 0.276. The molecule has 0 amide bonds. The molecule has 34 heavy (non-hydrogen) atoms. The van der Waals surface area contributed by atoms with Crippen LogP contribution in [-0.4, -0.2) is 49.2 Å². The van der Waals surface area contributed by atoms with Gasteiger partial charge in [0.15, 0.2) is 0 Å². The Labute approximate surface area is 199 Å². The first kappa shape index (κ1) is 22.6. The predicted octanol–water partition coefficient (Wildman–Crippen LogP) is 5.15. The molecule has 2 aliphatic rings. The molecule has 0 N–H and O–H groups in total. The molecule has 8 nitrogen and oxygen atoms in total. The molecule has 3 aromatic carbocycles. The SMILES string of the molecule is O=[N+]([O-])c1ccc(C(N2CCOCC2)P2(=O)N(c3ccccc3)CCN2c2ccccc2)cc1. The van der Waals surface area contributed by atoms with Gasteiger partial charge in [-0.25, -0.2) is 0 Å². The van der Waals surface area contributed by atoms with Crippen LogP contribution in [0.4, 0.5) is 17.1 Å². The lowest BCUT2D eigenvalue weighted by Crippen LogP contribution is -2.42. The minimum atomic E-state index is -3.31. The first-order valence-electron chi connectivity index (χ1n) is 11.4. The number of nitrogens with zero attached hydrogens (tertiary/aromatic N) is 4. The zero-order valence-corrected chi connectivity index (χ0v) is 19.7. The summed E-state index contributed by atoms with van der Waals surface area (Å²) in [7, 11) is -3.31. The lowest BCUT2D eigenvalue weighted by Gasteiger charge is -2.44. The standard InChI is InChI=1S/C25H27N4O4P/c30-29(31)24-13-11-21(12-14-24)25(26-17-19-33-20-18-26)34(32)27(22-7-3-1-4-8-22)15-16-28(34)23-9-5-2-6-10-23/h1-14,25H,15-20H2. The summed E-state index contributed by atoms with van der Waals surface area (Å²) in [6.45, 7) is 3.61. The Morgan fingerprint density at radius 2 is 1.26 bits per heavy atom. The van der Waals surface area contributed by atoms with Gasteiger partial charge in [0.1, 0.15) is 5.78 Å². The maximum absolute atomic E-state index is 15.5. The molecule has 2 heterocycles. The third-order valence-corrected chi connectivity index (χ3v) is 9.94. The summed E-state index contributed by atoms with van der Waals surface area (Å²) in [5, 5.41) is 11.3. The number of anilines is 2. The Morgan fingerprint density at radius 1 is 0.765 bits per heavy atom. The first-order valence-corrected chi connectivity index (χ1v) is 13.1. The zero-order chi connectivity index (χ0) is 23.5. The number of para-hydroxylation sites is 2. The second-order valence-electron chi connectivity index (χ2n) is 8.38. The molecule has 3 aromatic rings. The number of nitro benzene ring substituents is 1. The van der Waals surface area contributed by atoms with Crippen molar-refractivity contribution < 1.29 is 14.2 Å².